The zero-order valence-electron chi connectivity index (χ0n) is 24.6. The molecule has 0 aliphatic carbocycles. The van der Waals surface area contributed by atoms with Crippen molar-refractivity contribution in [3.8, 4) is 11.5 Å². The van der Waals surface area contributed by atoms with E-state index in [0.717, 1.165) is 5.56 Å². The van der Waals surface area contributed by atoms with Crippen molar-refractivity contribution in [3.63, 3.8) is 0 Å². The Labute approximate surface area is 239 Å². The van der Waals surface area contributed by atoms with Gasteiger partial charge in [0.05, 0.1) is 24.4 Å². The summed E-state index contributed by atoms with van der Waals surface area (Å²) >= 11 is 0. The average molecular weight is 567 g/mol. The molecule has 0 fully saturated rings. The number of nitrogens with one attached hydrogen (secondary N) is 2. The van der Waals surface area contributed by atoms with Crippen LogP contribution in [0.2, 0.25) is 0 Å². The van der Waals surface area contributed by atoms with E-state index in [9.17, 15) is 24.3 Å². The summed E-state index contributed by atoms with van der Waals surface area (Å²) in [5, 5.41) is 20.6. The molecule has 2 aromatic carbocycles. The molecule has 2 aromatic rings. The van der Waals surface area contributed by atoms with E-state index in [0.29, 0.717) is 40.3 Å². The van der Waals surface area contributed by atoms with Gasteiger partial charge in [-0.25, -0.2) is 4.79 Å². The predicted octanol–water partition coefficient (Wildman–Crippen LogP) is 3.60. The Morgan fingerprint density at radius 1 is 1.10 bits per heavy atom. The van der Waals surface area contributed by atoms with E-state index in [1.54, 1.807) is 36.1 Å². The Bertz CT molecular complexity index is 1390. The molecule has 2 amide bonds. The molecule has 41 heavy (non-hydrogen) atoms. The van der Waals surface area contributed by atoms with Crippen LogP contribution in [0.3, 0.4) is 0 Å². The first-order valence-electron chi connectivity index (χ1n) is 13.4. The lowest BCUT2D eigenvalue weighted by molar-refractivity contribution is -0.139. The van der Waals surface area contributed by atoms with Gasteiger partial charge in [-0.05, 0) is 49.1 Å². The molecule has 0 radical (unpaired) electrons. The molecule has 3 N–H and O–H groups in total. The van der Waals surface area contributed by atoms with Gasteiger partial charge in [-0.2, -0.15) is 0 Å². The van der Waals surface area contributed by atoms with Gasteiger partial charge >= 0.3 is 5.97 Å². The fourth-order valence-corrected chi connectivity index (χ4v) is 4.80. The maximum Gasteiger partial charge on any atom is 0.341 e. The van der Waals surface area contributed by atoms with Crippen molar-refractivity contribution in [1.82, 2.24) is 10.2 Å². The second-order valence-electron chi connectivity index (χ2n) is 10.7. The Balaban J connectivity index is 2.03. The number of carbonyl (C=O) groups is 4. The molecular formula is C30H38N4O7. The van der Waals surface area contributed by atoms with Crippen molar-refractivity contribution >= 4 is 35.1 Å². The Morgan fingerprint density at radius 3 is 2.32 bits per heavy atom. The standard InChI is InChI=1S/C30H38N4O7/c1-8-34(17(3)35)23-11-18(10-22(30(4,5)6)27(23)41-16-26(37)38)24(36)15-33-14-19-12-25(40-9-2)21(29(39)32-7)13-20(19)28(33)31/h10-13,31H,8-9,14-16H2,1-7H3,(H,32,39)(H,37,38). The van der Waals surface area contributed by atoms with E-state index >= 15 is 0 Å². The first-order valence-corrected chi connectivity index (χ1v) is 13.4. The van der Waals surface area contributed by atoms with Crippen molar-refractivity contribution in [2.75, 3.05) is 38.3 Å². The Hall–Kier alpha value is -4.41. The molecule has 0 bridgehead atoms. The predicted molar refractivity (Wildman–Crippen MR) is 155 cm³/mol. The lowest BCUT2D eigenvalue weighted by atomic mass is 9.84. The minimum absolute atomic E-state index is 0.109. The summed E-state index contributed by atoms with van der Waals surface area (Å²) in [6.45, 7) is 10.9. The highest BCUT2D eigenvalue weighted by molar-refractivity contribution is 6.08. The number of rotatable bonds is 11. The monoisotopic (exact) mass is 566 g/mol. The number of hydrogen-bond donors (Lipinski definition) is 3. The van der Waals surface area contributed by atoms with E-state index in [1.165, 1.54) is 18.9 Å². The second kappa shape index (κ2) is 12.4. The van der Waals surface area contributed by atoms with Gasteiger partial charge in [0.1, 0.15) is 17.3 Å². The van der Waals surface area contributed by atoms with Crippen LogP contribution in [0.5, 0.6) is 11.5 Å². The van der Waals surface area contributed by atoms with Crippen LogP contribution in [0.15, 0.2) is 24.3 Å². The normalized spacial score (nSPS) is 12.6. The number of ether oxygens (including phenoxy) is 2. The highest BCUT2D eigenvalue weighted by Gasteiger charge is 2.32. The van der Waals surface area contributed by atoms with Gasteiger partial charge in [0.2, 0.25) is 5.91 Å². The van der Waals surface area contributed by atoms with Crippen molar-refractivity contribution in [3.05, 3.63) is 52.1 Å². The molecule has 3 rings (SSSR count). The van der Waals surface area contributed by atoms with E-state index < -0.39 is 18.0 Å². The zero-order valence-corrected chi connectivity index (χ0v) is 24.6. The van der Waals surface area contributed by atoms with Gasteiger partial charge in [-0.15, -0.1) is 0 Å². The third kappa shape index (κ3) is 6.67. The fourth-order valence-electron chi connectivity index (χ4n) is 4.80. The number of carboxylic acid groups (broad SMARTS) is 1. The van der Waals surface area contributed by atoms with Gasteiger partial charge in [0.15, 0.2) is 12.4 Å². The Kier molecular flexibility index (Phi) is 9.42. The summed E-state index contributed by atoms with van der Waals surface area (Å²) in [6.07, 6.45) is 0. The van der Waals surface area contributed by atoms with Gasteiger partial charge < -0.3 is 29.7 Å². The van der Waals surface area contributed by atoms with Gasteiger partial charge in [-0.3, -0.25) is 19.8 Å². The van der Waals surface area contributed by atoms with Crippen LogP contribution in [-0.4, -0.2) is 72.8 Å². The molecule has 0 spiro atoms. The molecule has 1 aliphatic rings. The van der Waals surface area contributed by atoms with E-state index in [4.69, 9.17) is 14.9 Å². The number of carboxylic acids is 1. The molecule has 0 aromatic heterocycles. The third-order valence-corrected chi connectivity index (χ3v) is 6.77. The van der Waals surface area contributed by atoms with Crippen molar-refractivity contribution in [2.24, 2.45) is 0 Å². The number of benzene rings is 2. The van der Waals surface area contributed by atoms with Crippen LogP contribution in [0, 0.1) is 5.41 Å². The van der Waals surface area contributed by atoms with Crippen LogP contribution < -0.4 is 19.7 Å². The number of Topliss-reactive ketones (excluding diaryl/α,β-unsaturated/α-hetero) is 1. The topological polar surface area (TPSA) is 149 Å². The minimum atomic E-state index is -1.17. The van der Waals surface area contributed by atoms with Crippen LogP contribution in [0.4, 0.5) is 5.69 Å². The first-order chi connectivity index (χ1) is 19.2. The molecule has 0 unspecified atom stereocenters. The number of amidine groups is 1. The SMILES string of the molecule is CCOc1cc2c(cc1C(=O)NC)C(=N)N(CC(=O)c1cc(N(CC)C(C)=O)c(OCC(=O)O)c(C(C)(C)C)c1)C2. The average Bonchev–Trinajstić information content (AvgIpc) is 3.19. The molecular weight excluding hydrogens is 528 g/mol. The molecule has 220 valence electrons. The fraction of sp³-hybridized carbons (Fsp3) is 0.433. The van der Waals surface area contributed by atoms with Crippen LogP contribution in [-0.2, 0) is 21.5 Å². The molecule has 0 saturated heterocycles. The number of fused-ring (bicyclic) bond motifs is 1. The highest BCUT2D eigenvalue weighted by atomic mass is 16.5. The second-order valence-corrected chi connectivity index (χ2v) is 10.7. The summed E-state index contributed by atoms with van der Waals surface area (Å²) in [4.78, 5) is 53.1. The maximum atomic E-state index is 13.7. The summed E-state index contributed by atoms with van der Waals surface area (Å²) in [5.41, 5.74) is 2.26. The quantitative estimate of drug-likeness (QED) is 0.349. The van der Waals surface area contributed by atoms with E-state index in [2.05, 4.69) is 5.32 Å². The number of aliphatic carboxylic acids is 1. The summed E-state index contributed by atoms with van der Waals surface area (Å²) in [5.74, 6) is -1.33. The summed E-state index contributed by atoms with van der Waals surface area (Å²) in [7, 11) is 1.52. The first kappa shape index (κ1) is 31.1. The van der Waals surface area contributed by atoms with Crippen molar-refractivity contribution in [2.45, 2.75) is 53.5 Å². The highest BCUT2D eigenvalue weighted by Crippen LogP contribution is 2.41. The Morgan fingerprint density at radius 2 is 1.78 bits per heavy atom. The van der Waals surface area contributed by atoms with Crippen LogP contribution >= 0.6 is 0 Å². The number of ketones is 1. The lowest BCUT2D eigenvalue weighted by Crippen LogP contribution is -2.32. The van der Waals surface area contributed by atoms with Crippen LogP contribution in [0.25, 0.3) is 0 Å². The van der Waals surface area contributed by atoms with Crippen LogP contribution in [0.1, 0.15) is 78.9 Å². The van der Waals surface area contributed by atoms with Gasteiger partial charge in [0, 0.05) is 43.8 Å². The van der Waals surface area contributed by atoms with Crippen molar-refractivity contribution < 1.29 is 33.8 Å². The molecule has 0 saturated carbocycles. The smallest absolute Gasteiger partial charge is 0.341 e. The lowest BCUT2D eigenvalue weighted by Gasteiger charge is -2.29. The summed E-state index contributed by atoms with van der Waals surface area (Å²) in [6, 6.07) is 6.56. The minimum Gasteiger partial charge on any atom is -0.493 e. The van der Waals surface area contributed by atoms with E-state index in [1.807, 2.05) is 27.7 Å². The third-order valence-electron chi connectivity index (χ3n) is 6.77. The number of anilines is 1. The van der Waals surface area contributed by atoms with Gasteiger partial charge in [-0.1, -0.05) is 20.8 Å². The molecule has 0 atom stereocenters. The molecule has 11 heteroatoms. The largest absolute Gasteiger partial charge is 0.493 e. The van der Waals surface area contributed by atoms with Gasteiger partial charge in [0.25, 0.3) is 5.91 Å². The number of hydrogen-bond acceptors (Lipinski definition) is 7. The maximum absolute atomic E-state index is 13.7. The van der Waals surface area contributed by atoms with Crippen molar-refractivity contribution in [1.29, 1.82) is 5.41 Å². The summed E-state index contributed by atoms with van der Waals surface area (Å²) < 4.78 is 11.4. The molecule has 11 nitrogen and oxygen atoms in total. The zero-order chi connectivity index (χ0) is 30.6. The number of carbonyl (C=O) groups excluding carboxylic acids is 3. The number of amides is 2. The molecule has 1 heterocycles. The van der Waals surface area contributed by atoms with E-state index in [-0.39, 0.29) is 48.8 Å². The number of nitrogens with zero attached hydrogens (tertiary/aromatic N) is 2. The molecule has 1 aliphatic heterocycles.